The van der Waals surface area contributed by atoms with Gasteiger partial charge in [-0.2, -0.15) is 8.42 Å². The van der Waals surface area contributed by atoms with E-state index in [4.69, 9.17) is 0 Å². The Kier molecular flexibility index (Phi) is 3.19. The maximum Gasteiger partial charge on any atom is 0.329 e. The van der Waals surface area contributed by atoms with Crippen molar-refractivity contribution in [3.8, 4) is 0 Å². The zero-order chi connectivity index (χ0) is 12.5. The van der Waals surface area contributed by atoms with Gasteiger partial charge in [-0.3, -0.25) is 4.79 Å². The van der Waals surface area contributed by atoms with Crippen LogP contribution in [-0.4, -0.2) is 20.6 Å². The van der Waals surface area contributed by atoms with Crippen molar-refractivity contribution >= 4 is 16.1 Å². The van der Waals surface area contributed by atoms with E-state index < -0.39 is 22.0 Å². The number of rotatable bonds is 2. The first-order chi connectivity index (χ1) is 7.97. The predicted octanol–water partition coefficient (Wildman–Crippen LogP) is 1.61. The first-order valence-electron chi connectivity index (χ1n) is 5.48. The zero-order valence-electron chi connectivity index (χ0n) is 9.55. The van der Waals surface area contributed by atoms with E-state index in [1.807, 2.05) is 24.3 Å². The quantitative estimate of drug-likeness (QED) is 0.752. The molecule has 1 aromatic rings. The van der Waals surface area contributed by atoms with Crippen molar-refractivity contribution < 1.29 is 17.4 Å². The molecule has 1 aliphatic carbocycles. The van der Waals surface area contributed by atoms with Gasteiger partial charge in [-0.25, -0.2) is 0 Å². The summed E-state index contributed by atoms with van der Waals surface area (Å²) in [4.78, 5) is 11.8. The van der Waals surface area contributed by atoms with E-state index in [0.717, 1.165) is 30.2 Å². The Morgan fingerprint density at radius 3 is 2.76 bits per heavy atom. The summed E-state index contributed by atoms with van der Waals surface area (Å²) in [5.41, 5.74) is 2.00. The Bertz CT molecular complexity index is 533. The summed E-state index contributed by atoms with van der Waals surface area (Å²) in [6, 6.07) is 7.60. The van der Waals surface area contributed by atoms with E-state index in [-0.39, 0.29) is 0 Å². The largest absolute Gasteiger partial charge is 0.345 e. The third kappa shape index (κ3) is 2.85. The fraction of sp³-hybridized carbons (Fsp3) is 0.417. The first kappa shape index (κ1) is 12.1. The van der Waals surface area contributed by atoms with Crippen LogP contribution in [0, 0.1) is 0 Å². The average Bonchev–Trinajstić information content (AvgIpc) is 2.26. The minimum atomic E-state index is -3.72. The van der Waals surface area contributed by atoms with E-state index in [1.54, 1.807) is 0 Å². The summed E-state index contributed by atoms with van der Waals surface area (Å²) in [6.07, 6.45) is 3.34. The van der Waals surface area contributed by atoms with E-state index >= 15 is 0 Å². The molecular weight excluding hydrogens is 240 g/mol. The predicted molar refractivity (Wildman–Crippen MR) is 63.1 cm³/mol. The van der Waals surface area contributed by atoms with Crippen LogP contribution in [0.1, 0.15) is 29.9 Å². The molecule has 0 bridgehead atoms. The highest BCUT2D eigenvalue weighted by Crippen LogP contribution is 2.32. The number of fused-ring (bicyclic) bond motifs is 1. The van der Waals surface area contributed by atoms with Gasteiger partial charge in [0.25, 0.3) is 0 Å². The standard InChI is InChI=1S/C12H14O4S/c1-17(14,15)16-12(13)11-8-4-6-9-5-2-3-7-10(9)11/h2-3,5,7,11H,4,6,8H2,1H3. The van der Waals surface area contributed by atoms with Crippen LogP contribution < -0.4 is 0 Å². The molecule has 0 aromatic heterocycles. The highest BCUT2D eigenvalue weighted by atomic mass is 32.2. The van der Waals surface area contributed by atoms with Crippen LogP contribution in [0.15, 0.2) is 24.3 Å². The third-order valence-electron chi connectivity index (χ3n) is 2.89. The Hall–Kier alpha value is -1.36. The summed E-state index contributed by atoms with van der Waals surface area (Å²) in [5, 5.41) is 0. The molecule has 5 heteroatoms. The molecule has 17 heavy (non-hydrogen) atoms. The number of hydrogen-bond donors (Lipinski definition) is 0. The van der Waals surface area contributed by atoms with Crippen molar-refractivity contribution in [2.24, 2.45) is 0 Å². The van der Waals surface area contributed by atoms with E-state index in [2.05, 4.69) is 4.18 Å². The third-order valence-corrected chi connectivity index (χ3v) is 3.35. The molecule has 0 amide bonds. The fourth-order valence-corrected chi connectivity index (χ4v) is 2.62. The molecule has 2 rings (SSSR count). The molecule has 0 fully saturated rings. The maximum absolute atomic E-state index is 11.8. The van der Waals surface area contributed by atoms with Crippen LogP contribution in [0.3, 0.4) is 0 Å². The first-order valence-corrected chi connectivity index (χ1v) is 7.30. The van der Waals surface area contributed by atoms with Crippen LogP contribution in [0.4, 0.5) is 0 Å². The van der Waals surface area contributed by atoms with Gasteiger partial charge in [0.1, 0.15) is 0 Å². The van der Waals surface area contributed by atoms with Crippen molar-refractivity contribution in [3.63, 3.8) is 0 Å². The second kappa shape index (κ2) is 4.49. The van der Waals surface area contributed by atoms with Crippen LogP contribution in [0.2, 0.25) is 0 Å². The zero-order valence-corrected chi connectivity index (χ0v) is 10.4. The number of carbonyl (C=O) groups is 1. The molecule has 0 spiro atoms. The molecule has 0 N–H and O–H groups in total. The Labute approximate surface area is 101 Å². The molecule has 0 saturated carbocycles. The van der Waals surface area contributed by atoms with Gasteiger partial charge in [0, 0.05) is 0 Å². The van der Waals surface area contributed by atoms with Crippen LogP contribution in [0.5, 0.6) is 0 Å². The number of aryl methyl sites for hydroxylation is 1. The lowest BCUT2D eigenvalue weighted by Gasteiger charge is -2.23. The molecule has 92 valence electrons. The summed E-state index contributed by atoms with van der Waals surface area (Å²) in [6.45, 7) is 0. The van der Waals surface area contributed by atoms with Gasteiger partial charge < -0.3 is 4.18 Å². The number of hydrogen-bond acceptors (Lipinski definition) is 4. The van der Waals surface area contributed by atoms with Gasteiger partial charge in [-0.15, -0.1) is 0 Å². The summed E-state index contributed by atoms with van der Waals surface area (Å²) in [7, 11) is -3.72. The smallest absolute Gasteiger partial charge is 0.329 e. The lowest BCUT2D eigenvalue weighted by atomic mass is 9.83. The van der Waals surface area contributed by atoms with Gasteiger partial charge >= 0.3 is 16.1 Å². The molecule has 1 aromatic carbocycles. The lowest BCUT2D eigenvalue weighted by molar-refractivity contribution is -0.135. The minimum Gasteiger partial charge on any atom is -0.345 e. The lowest BCUT2D eigenvalue weighted by Crippen LogP contribution is -2.23. The molecule has 1 aliphatic rings. The Morgan fingerprint density at radius 1 is 1.35 bits per heavy atom. The number of carbonyl (C=O) groups excluding carboxylic acids is 1. The van der Waals surface area contributed by atoms with Gasteiger partial charge in [-0.1, -0.05) is 24.3 Å². The highest BCUT2D eigenvalue weighted by Gasteiger charge is 2.29. The normalized spacial score (nSPS) is 19.5. The van der Waals surface area contributed by atoms with E-state index in [1.165, 1.54) is 0 Å². The molecule has 4 nitrogen and oxygen atoms in total. The van der Waals surface area contributed by atoms with Gasteiger partial charge in [-0.05, 0) is 30.4 Å². The van der Waals surface area contributed by atoms with Crippen molar-refractivity contribution in [2.75, 3.05) is 6.26 Å². The Morgan fingerprint density at radius 2 is 2.06 bits per heavy atom. The summed E-state index contributed by atoms with van der Waals surface area (Å²) >= 11 is 0. The van der Waals surface area contributed by atoms with Gasteiger partial charge in [0.15, 0.2) is 0 Å². The van der Waals surface area contributed by atoms with Crippen molar-refractivity contribution in [3.05, 3.63) is 35.4 Å². The van der Waals surface area contributed by atoms with Crippen molar-refractivity contribution in [1.29, 1.82) is 0 Å². The second-order valence-electron chi connectivity index (χ2n) is 4.25. The maximum atomic E-state index is 11.8. The molecule has 0 heterocycles. The average molecular weight is 254 g/mol. The topological polar surface area (TPSA) is 60.4 Å². The van der Waals surface area contributed by atoms with E-state index in [0.29, 0.717) is 6.42 Å². The monoisotopic (exact) mass is 254 g/mol. The molecule has 0 saturated heterocycles. The summed E-state index contributed by atoms with van der Waals surface area (Å²) < 4.78 is 26.4. The van der Waals surface area contributed by atoms with E-state index in [9.17, 15) is 13.2 Å². The summed E-state index contributed by atoms with van der Waals surface area (Å²) in [5.74, 6) is -1.12. The van der Waals surface area contributed by atoms with Crippen molar-refractivity contribution in [1.82, 2.24) is 0 Å². The molecule has 1 atom stereocenters. The van der Waals surface area contributed by atoms with Crippen LogP contribution in [-0.2, 0) is 25.5 Å². The highest BCUT2D eigenvalue weighted by molar-refractivity contribution is 7.86. The Balaban J connectivity index is 2.27. The molecular formula is C12H14O4S. The van der Waals surface area contributed by atoms with Crippen LogP contribution >= 0.6 is 0 Å². The SMILES string of the molecule is CS(=O)(=O)OC(=O)C1CCCc2ccccc21. The molecule has 0 radical (unpaired) electrons. The fourth-order valence-electron chi connectivity index (χ4n) is 2.21. The van der Waals surface area contributed by atoms with Crippen molar-refractivity contribution in [2.45, 2.75) is 25.2 Å². The van der Waals surface area contributed by atoms with Crippen LogP contribution in [0.25, 0.3) is 0 Å². The molecule has 0 aliphatic heterocycles. The van der Waals surface area contributed by atoms with Gasteiger partial charge in [0.05, 0.1) is 12.2 Å². The second-order valence-corrected chi connectivity index (χ2v) is 5.83. The molecule has 1 unspecified atom stereocenters. The van der Waals surface area contributed by atoms with Gasteiger partial charge in [0.2, 0.25) is 0 Å². The minimum absolute atomic E-state index is 0.449. The number of benzene rings is 1.